The van der Waals surface area contributed by atoms with E-state index in [1.54, 1.807) is 0 Å². The molecule has 17 heavy (non-hydrogen) atoms. The van der Waals surface area contributed by atoms with Crippen molar-refractivity contribution in [3.63, 3.8) is 0 Å². The summed E-state index contributed by atoms with van der Waals surface area (Å²) < 4.78 is 10.7. The molecule has 0 aromatic heterocycles. The zero-order chi connectivity index (χ0) is 11.8. The molecule has 4 nitrogen and oxygen atoms in total. The number of hydrogen-bond acceptors (Lipinski definition) is 4. The average molecular weight is 232 g/mol. The van der Waals surface area contributed by atoms with Crippen LogP contribution >= 0.6 is 0 Å². The van der Waals surface area contributed by atoms with Crippen LogP contribution in [0.25, 0.3) is 0 Å². The molecule has 4 heteroatoms. The molecule has 0 spiro atoms. The van der Waals surface area contributed by atoms with Gasteiger partial charge >= 0.3 is 0 Å². The first kappa shape index (κ1) is 10.3. The predicted octanol–water partition coefficient (Wildman–Crippen LogP) is 1.82. The maximum Gasteiger partial charge on any atom is 0.231 e. The van der Waals surface area contributed by atoms with Gasteiger partial charge in [0.1, 0.15) is 11.6 Å². The third kappa shape index (κ3) is 1.79. The summed E-state index contributed by atoms with van der Waals surface area (Å²) in [6.07, 6.45) is 0.931. The SMILES string of the molecule is O=C1CC(=O)CC(c2cccc3c2OCO3)C1. The Morgan fingerprint density at radius 1 is 1.06 bits per heavy atom. The van der Waals surface area contributed by atoms with Gasteiger partial charge in [-0.3, -0.25) is 9.59 Å². The Kier molecular flexibility index (Phi) is 2.35. The molecule has 1 heterocycles. The number of ether oxygens (including phenoxy) is 2. The molecule has 1 aromatic carbocycles. The molecule has 1 saturated carbocycles. The van der Waals surface area contributed by atoms with Crippen molar-refractivity contribution in [2.75, 3.05) is 6.79 Å². The van der Waals surface area contributed by atoms with E-state index < -0.39 is 0 Å². The highest BCUT2D eigenvalue weighted by atomic mass is 16.7. The zero-order valence-corrected chi connectivity index (χ0v) is 9.27. The predicted molar refractivity (Wildman–Crippen MR) is 59.2 cm³/mol. The summed E-state index contributed by atoms with van der Waals surface area (Å²) >= 11 is 0. The molecule has 0 N–H and O–H groups in total. The molecule has 3 rings (SSSR count). The fourth-order valence-electron chi connectivity index (χ4n) is 2.48. The third-order valence-electron chi connectivity index (χ3n) is 3.21. The van der Waals surface area contributed by atoms with E-state index in [-0.39, 0.29) is 30.7 Å². The van der Waals surface area contributed by atoms with Crippen LogP contribution in [-0.2, 0) is 9.59 Å². The van der Waals surface area contributed by atoms with Crippen molar-refractivity contribution in [2.45, 2.75) is 25.2 Å². The lowest BCUT2D eigenvalue weighted by molar-refractivity contribution is -0.130. The van der Waals surface area contributed by atoms with E-state index in [4.69, 9.17) is 9.47 Å². The molecule has 0 radical (unpaired) electrons. The number of hydrogen-bond donors (Lipinski definition) is 0. The number of benzene rings is 1. The lowest BCUT2D eigenvalue weighted by atomic mass is 9.82. The number of fused-ring (bicyclic) bond motifs is 1. The van der Waals surface area contributed by atoms with Crippen molar-refractivity contribution in [1.82, 2.24) is 0 Å². The van der Waals surface area contributed by atoms with Crippen molar-refractivity contribution in [1.29, 1.82) is 0 Å². The number of para-hydroxylation sites is 1. The Labute approximate surface area is 98.5 Å². The molecule has 88 valence electrons. The molecule has 1 aromatic rings. The number of ketones is 2. The van der Waals surface area contributed by atoms with E-state index in [0.717, 1.165) is 5.56 Å². The Balaban J connectivity index is 1.96. The molecule has 2 aliphatic rings. The third-order valence-corrected chi connectivity index (χ3v) is 3.21. The Bertz CT molecular complexity index is 476. The maximum absolute atomic E-state index is 11.5. The van der Waals surface area contributed by atoms with E-state index in [9.17, 15) is 9.59 Å². The molecule has 1 aliphatic heterocycles. The standard InChI is InChI=1S/C13H12O4/c14-9-4-8(5-10(15)6-9)11-2-1-3-12-13(11)17-7-16-12/h1-3,8H,4-7H2. The summed E-state index contributed by atoms with van der Waals surface area (Å²) in [7, 11) is 0. The van der Waals surface area contributed by atoms with Crippen LogP contribution in [0.3, 0.4) is 0 Å². The Morgan fingerprint density at radius 2 is 1.82 bits per heavy atom. The molecular formula is C13H12O4. The van der Waals surface area contributed by atoms with Gasteiger partial charge in [-0.1, -0.05) is 12.1 Å². The van der Waals surface area contributed by atoms with Crippen molar-refractivity contribution in [2.24, 2.45) is 0 Å². The highest BCUT2D eigenvalue weighted by molar-refractivity contribution is 6.02. The lowest BCUT2D eigenvalue weighted by Crippen LogP contribution is -2.21. The zero-order valence-electron chi connectivity index (χ0n) is 9.27. The number of rotatable bonds is 1. The van der Waals surface area contributed by atoms with Crippen LogP contribution in [-0.4, -0.2) is 18.4 Å². The summed E-state index contributed by atoms with van der Waals surface area (Å²) in [6, 6.07) is 5.61. The fraction of sp³-hybridized carbons (Fsp3) is 0.385. The molecular weight excluding hydrogens is 220 g/mol. The van der Waals surface area contributed by atoms with Gasteiger partial charge in [-0.15, -0.1) is 0 Å². The van der Waals surface area contributed by atoms with Crippen LogP contribution < -0.4 is 9.47 Å². The second-order valence-corrected chi connectivity index (χ2v) is 4.44. The summed E-state index contributed by atoms with van der Waals surface area (Å²) in [5.41, 5.74) is 0.918. The van der Waals surface area contributed by atoms with Crippen LogP contribution in [0.4, 0.5) is 0 Å². The highest BCUT2D eigenvalue weighted by Gasteiger charge is 2.30. The molecule has 0 bridgehead atoms. The molecule has 1 aliphatic carbocycles. The van der Waals surface area contributed by atoms with E-state index in [2.05, 4.69) is 0 Å². The van der Waals surface area contributed by atoms with E-state index in [0.29, 0.717) is 24.3 Å². The van der Waals surface area contributed by atoms with E-state index >= 15 is 0 Å². The largest absolute Gasteiger partial charge is 0.454 e. The van der Waals surface area contributed by atoms with Crippen molar-refractivity contribution in [3.05, 3.63) is 23.8 Å². The second-order valence-electron chi connectivity index (χ2n) is 4.44. The second kappa shape index (κ2) is 3.87. The van der Waals surface area contributed by atoms with Crippen LogP contribution in [0.1, 0.15) is 30.7 Å². The number of carbonyl (C=O) groups excluding carboxylic acids is 2. The van der Waals surface area contributed by atoms with Crippen molar-refractivity contribution >= 4 is 11.6 Å². The Hall–Kier alpha value is -1.84. The van der Waals surface area contributed by atoms with Crippen molar-refractivity contribution in [3.8, 4) is 11.5 Å². The summed E-state index contributed by atoms with van der Waals surface area (Å²) in [4.78, 5) is 22.9. The van der Waals surface area contributed by atoms with Gasteiger partial charge in [0, 0.05) is 24.3 Å². The number of Topliss-reactive ketones (excluding diaryl/α,β-unsaturated/α-hetero) is 2. The minimum absolute atomic E-state index is 0.0165. The molecule has 0 amide bonds. The van der Waals surface area contributed by atoms with Crippen LogP contribution in [0.2, 0.25) is 0 Å². The molecule has 0 atom stereocenters. The lowest BCUT2D eigenvalue weighted by Gasteiger charge is -2.21. The topological polar surface area (TPSA) is 52.6 Å². The van der Waals surface area contributed by atoms with Gasteiger partial charge in [-0.25, -0.2) is 0 Å². The maximum atomic E-state index is 11.5. The van der Waals surface area contributed by atoms with Gasteiger partial charge in [0.05, 0.1) is 6.42 Å². The fourth-order valence-corrected chi connectivity index (χ4v) is 2.48. The smallest absolute Gasteiger partial charge is 0.231 e. The van der Waals surface area contributed by atoms with Gasteiger partial charge in [0.25, 0.3) is 0 Å². The van der Waals surface area contributed by atoms with E-state index in [1.807, 2.05) is 18.2 Å². The first-order chi connectivity index (χ1) is 8.24. The minimum Gasteiger partial charge on any atom is -0.454 e. The first-order valence-electron chi connectivity index (χ1n) is 5.66. The quantitative estimate of drug-likeness (QED) is 0.693. The average Bonchev–Trinajstić information content (AvgIpc) is 2.75. The summed E-state index contributed by atoms with van der Waals surface area (Å²) in [6.45, 7) is 0.209. The van der Waals surface area contributed by atoms with Gasteiger partial charge in [-0.2, -0.15) is 0 Å². The Morgan fingerprint density at radius 3 is 2.59 bits per heavy atom. The van der Waals surface area contributed by atoms with Gasteiger partial charge in [0.15, 0.2) is 11.5 Å². The van der Waals surface area contributed by atoms with Crippen LogP contribution in [0.5, 0.6) is 11.5 Å². The van der Waals surface area contributed by atoms with Crippen LogP contribution in [0, 0.1) is 0 Å². The first-order valence-corrected chi connectivity index (χ1v) is 5.66. The van der Waals surface area contributed by atoms with E-state index in [1.165, 1.54) is 0 Å². The number of carbonyl (C=O) groups is 2. The van der Waals surface area contributed by atoms with Gasteiger partial charge < -0.3 is 9.47 Å². The normalized spacial score (nSPS) is 19.8. The summed E-state index contributed by atoms with van der Waals surface area (Å²) in [5, 5.41) is 0. The van der Waals surface area contributed by atoms with Gasteiger partial charge in [0.2, 0.25) is 6.79 Å². The molecule has 1 fully saturated rings. The summed E-state index contributed by atoms with van der Waals surface area (Å²) in [5.74, 6) is 1.37. The minimum atomic E-state index is -0.0552. The molecule has 0 unspecified atom stereocenters. The van der Waals surface area contributed by atoms with Crippen LogP contribution in [0.15, 0.2) is 18.2 Å². The highest BCUT2D eigenvalue weighted by Crippen LogP contribution is 2.42. The molecule has 0 saturated heterocycles. The monoisotopic (exact) mass is 232 g/mol. The van der Waals surface area contributed by atoms with Gasteiger partial charge in [-0.05, 0) is 6.07 Å². The van der Waals surface area contributed by atoms with Crippen molar-refractivity contribution < 1.29 is 19.1 Å².